The molecule has 17 heavy (non-hydrogen) atoms. The Hall–Kier alpha value is -2.37. The standard InChI is InChI=1S/C11H11N3O3/c15-9(4-5-10(16)17)13-8-3-1-2-7-6-12-14-11(7)8/h1-3,6H,4-5H2,(H,12,14)(H,13,15)(H,16,17). The van der Waals surface area contributed by atoms with Crippen LogP contribution in [0, 0.1) is 0 Å². The first-order valence-electron chi connectivity index (χ1n) is 5.10. The normalized spacial score (nSPS) is 10.4. The van der Waals surface area contributed by atoms with E-state index < -0.39 is 5.97 Å². The summed E-state index contributed by atoms with van der Waals surface area (Å²) in [6, 6.07) is 5.40. The Morgan fingerprint density at radius 3 is 2.94 bits per heavy atom. The molecule has 0 bridgehead atoms. The number of carboxylic acids is 1. The number of nitrogens with zero attached hydrogens (tertiary/aromatic N) is 1. The van der Waals surface area contributed by atoms with Crippen LogP contribution in [0.3, 0.4) is 0 Å². The Morgan fingerprint density at radius 1 is 1.35 bits per heavy atom. The van der Waals surface area contributed by atoms with E-state index in [1.165, 1.54) is 0 Å². The molecule has 0 fully saturated rings. The maximum atomic E-state index is 11.5. The van der Waals surface area contributed by atoms with Crippen molar-refractivity contribution in [3.63, 3.8) is 0 Å². The van der Waals surface area contributed by atoms with Crippen LogP contribution < -0.4 is 5.32 Å². The molecule has 0 saturated heterocycles. The van der Waals surface area contributed by atoms with Crippen molar-refractivity contribution in [1.29, 1.82) is 0 Å². The molecule has 6 nitrogen and oxygen atoms in total. The van der Waals surface area contributed by atoms with E-state index in [-0.39, 0.29) is 18.7 Å². The van der Waals surface area contributed by atoms with E-state index in [1.807, 2.05) is 6.07 Å². The summed E-state index contributed by atoms with van der Waals surface area (Å²) in [6.07, 6.45) is 1.44. The number of nitrogens with one attached hydrogen (secondary N) is 2. The number of benzene rings is 1. The third-order valence-electron chi connectivity index (χ3n) is 2.32. The van der Waals surface area contributed by atoms with E-state index >= 15 is 0 Å². The summed E-state index contributed by atoms with van der Waals surface area (Å²) >= 11 is 0. The van der Waals surface area contributed by atoms with Gasteiger partial charge in [0, 0.05) is 11.8 Å². The lowest BCUT2D eigenvalue weighted by molar-refractivity contribution is -0.138. The fourth-order valence-electron chi connectivity index (χ4n) is 1.51. The molecule has 0 saturated carbocycles. The van der Waals surface area contributed by atoms with Gasteiger partial charge in [-0.25, -0.2) is 0 Å². The van der Waals surface area contributed by atoms with Gasteiger partial charge in [0.05, 0.1) is 23.8 Å². The monoisotopic (exact) mass is 233 g/mol. The van der Waals surface area contributed by atoms with Crippen molar-refractivity contribution >= 4 is 28.5 Å². The van der Waals surface area contributed by atoms with Crippen molar-refractivity contribution in [3.8, 4) is 0 Å². The second-order valence-electron chi connectivity index (χ2n) is 3.58. The van der Waals surface area contributed by atoms with E-state index in [4.69, 9.17) is 5.11 Å². The van der Waals surface area contributed by atoms with Crippen LogP contribution >= 0.6 is 0 Å². The summed E-state index contributed by atoms with van der Waals surface area (Å²) in [5.74, 6) is -1.31. The number of carboxylic acid groups (broad SMARTS) is 1. The number of carbonyl (C=O) groups is 2. The number of anilines is 1. The molecule has 1 heterocycles. The Kier molecular flexibility index (Phi) is 3.04. The Balaban J connectivity index is 2.10. The molecule has 1 amide bonds. The average molecular weight is 233 g/mol. The van der Waals surface area contributed by atoms with Crippen LogP contribution in [-0.2, 0) is 9.59 Å². The molecule has 6 heteroatoms. The number of fused-ring (bicyclic) bond motifs is 1. The van der Waals surface area contributed by atoms with Gasteiger partial charge in [-0.15, -0.1) is 0 Å². The summed E-state index contributed by atoms with van der Waals surface area (Å²) in [4.78, 5) is 21.8. The molecule has 0 atom stereocenters. The summed E-state index contributed by atoms with van der Waals surface area (Å²) in [6.45, 7) is 0. The van der Waals surface area contributed by atoms with Gasteiger partial charge < -0.3 is 10.4 Å². The zero-order valence-electron chi connectivity index (χ0n) is 8.93. The summed E-state index contributed by atoms with van der Waals surface area (Å²) in [5.41, 5.74) is 1.34. The maximum Gasteiger partial charge on any atom is 0.303 e. The van der Waals surface area contributed by atoms with Crippen LogP contribution in [0.5, 0.6) is 0 Å². The molecule has 0 unspecified atom stereocenters. The molecule has 0 aliphatic rings. The zero-order valence-corrected chi connectivity index (χ0v) is 8.93. The SMILES string of the molecule is O=C(O)CCC(=O)Nc1cccc2cn[nH]c12. The van der Waals surface area contributed by atoms with E-state index in [0.29, 0.717) is 5.69 Å². The first-order chi connectivity index (χ1) is 8.16. The number of para-hydroxylation sites is 1. The van der Waals surface area contributed by atoms with E-state index in [2.05, 4.69) is 15.5 Å². The van der Waals surface area contributed by atoms with Gasteiger partial charge in [-0.1, -0.05) is 12.1 Å². The van der Waals surface area contributed by atoms with Crippen molar-refractivity contribution in [2.24, 2.45) is 0 Å². The summed E-state index contributed by atoms with van der Waals surface area (Å²) in [7, 11) is 0. The van der Waals surface area contributed by atoms with Gasteiger partial charge in [-0.2, -0.15) is 5.10 Å². The van der Waals surface area contributed by atoms with Gasteiger partial charge in [0.25, 0.3) is 0 Å². The van der Waals surface area contributed by atoms with Crippen molar-refractivity contribution in [2.45, 2.75) is 12.8 Å². The molecular weight excluding hydrogens is 222 g/mol. The first kappa shape index (κ1) is 11.1. The predicted molar refractivity (Wildman–Crippen MR) is 61.6 cm³/mol. The van der Waals surface area contributed by atoms with Gasteiger partial charge in [0.15, 0.2) is 0 Å². The van der Waals surface area contributed by atoms with Crippen LogP contribution in [0.25, 0.3) is 10.9 Å². The quantitative estimate of drug-likeness (QED) is 0.743. The molecule has 0 spiro atoms. The van der Waals surface area contributed by atoms with Crippen LogP contribution in [0.2, 0.25) is 0 Å². The molecule has 1 aromatic carbocycles. The zero-order chi connectivity index (χ0) is 12.3. The Morgan fingerprint density at radius 2 is 2.18 bits per heavy atom. The average Bonchev–Trinajstić information content (AvgIpc) is 2.75. The molecular formula is C11H11N3O3. The molecule has 0 radical (unpaired) electrons. The third kappa shape index (κ3) is 2.60. The topological polar surface area (TPSA) is 95.1 Å². The van der Waals surface area contributed by atoms with E-state index in [0.717, 1.165) is 10.9 Å². The van der Waals surface area contributed by atoms with Gasteiger partial charge in [0.1, 0.15) is 0 Å². The second-order valence-corrected chi connectivity index (χ2v) is 3.58. The van der Waals surface area contributed by atoms with E-state index in [1.54, 1.807) is 18.3 Å². The van der Waals surface area contributed by atoms with Crippen molar-refractivity contribution in [2.75, 3.05) is 5.32 Å². The van der Waals surface area contributed by atoms with Crippen LogP contribution in [0.15, 0.2) is 24.4 Å². The molecule has 0 aliphatic heterocycles. The van der Waals surface area contributed by atoms with Gasteiger partial charge in [-0.3, -0.25) is 14.7 Å². The van der Waals surface area contributed by atoms with Gasteiger partial charge >= 0.3 is 5.97 Å². The summed E-state index contributed by atoms with van der Waals surface area (Å²) < 4.78 is 0. The number of aliphatic carboxylic acids is 1. The van der Waals surface area contributed by atoms with Crippen LogP contribution in [-0.4, -0.2) is 27.2 Å². The number of carbonyl (C=O) groups excluding carboxylic acids is 1. The van der Waals surface area contributed by atoms with Crippen LogP contribution in [0.1, 0.15) is 12.8 Å². The lowest BCUT2D eigenvalue weighted by Gasteiger charge is -2.04. The molecule has 3 N–H and O–H groups in total. The number of rotatable bonds is 4. The molecule has 2 aromatic rings. The minimum Gasteiger partial charge on any atom is -0.481 e. The largest absolute Gasteiger partial charge is 0.481 e. The fourth-order valence-corrected chi connectivity index (χ4v) is 1.51. The fraction of sp³-hybridized carbons (Fsp3) is 0.182. The Labute approximate surface area is 96.6 Å². The van der Waals surface area contributed by atoms with Gasteiger partial charge in [-0.05, 0) is 6.07 Å². The van der Waals surface area contributed by atoms with E-state index in [9.17, 15) is 9.59 Å². The molecule has 88 valence electrons. The number of amides is 1. The van der Waals surface area contributed by atoms with Crippen molar-refractivity contribution in [1.82, 2.24) is 10.2 Å². The number of hydrogen-bond acceptors (Lipinski definition) is 3. The minimum atomic E-state index is -0.986. The number of aromatic amines is 1. The Bertz CT molecular complexity index is 562. The summed E-state index contributed by atoms with van der Waals surface area (Å²) in [5, 5.41) is 18.7. The number of aromatic nitrogens is 2. The van der Waals surface area contributed by atoms with Crippen LogP contribution in [0.4, 0.5) is 5.69 Å². The lowest BCUT2D eigenvalue weighted by atomic mass is 10.2. The second kappa shape index (κ2) is 4.65. The molecule has 0 aliphatic carbocycles. The van der Waals surface area contributed by atoms with Crippen molar-refractivity contribution < 1.29 is 14.7 Å². The molecule has 2 rings (SSSR count). The van der Waals surface area contributed by atoms with Gasteiger partial charge in [0.2, 0.25) is 5.91 Å². The number of hydrogen-bond donors (Lipinski definition) is 3. The highest BCUT2D eigenvalue weighted by Gasteiger charge is 2.08. The predicted octanol–water partition coefficient (Wildman–Crippen LogP) is 1.37. The van der Waals surface area contributed by atoms with Crippen molar-refractivity contribution in [3.05, 3.63) is 24.4 Å². The highest BCUT2D eigenvalue weighted by atomic mass is 16.4. The minimum absolute atomic E-state index is 0.0418. The smallest absolute Gasteiger partial charge is 0.303 e. The third-order valence-corrected chi connectivity index (χ3v) is 2.32. The highest BCUT2D eigenvalue weighted by molar-refractivity contribution is 6.00. The highest BCUT2D eigenvalue weighted by Crippen LogP contribution is 2.20. The number of H-pyrrole nitrogens is 1. The first-order valence-corrected chi connectivity index (χ1v) is 5.10. The maximum absolute atomic E-state index is 11.5. The molecule has 1 aromatic heterocycles. The lowest BCUT2D eigenvalue weighted by Crippen LogP contribution is -2.13.